The molecule has 0 aliphatic carbocycles. The van der Waals surface area contributed by atoms with E-state index in [0.717, 1.165) is 0 Å². The highest BCUT2D eigenvalue weighted by atomic mass is 32.2. The molecule has 0 saturated carbocycles. The van der Waals surface area contributed by atoms with Gasteiger partial charge >= 0.3 is 0 Å². The molecule has 0 aromatic rings. The predicted molar refractivity (Wildman–Crippen MR) is 69.6 cm³/mol. The Bertz CT molecular complexity index is 326. The highest BCUT2D eigenvalue weighted by Crippen LogP contribution is 1.98. The molecule has 102 valence electrons. The highest BCUT2D eigenvalue weighted by Gasteiger charge is 2.10. The lowest BCUT2D eigenvalue weighted by molar-refractivity contribution is -0.121. The van der Waals surface area contributed by atoms with E-state index in [2.05, 4.69) is 10.6 Å². The zero-order valence-corrected chi connectivity index (χ0v) is 11.9. The molecule has 0 bridgehead atoms. The molecular formula is C11H24N2O3S. The summed E-state index contributed by atoms with van der Waals surface area (Å²) in [7, 11) is -2.90. The number of nitrogens with one attached hydrogen (secondary N) is 2. The number of rotatable bonds is 8. The van der Waals surface area contributed by atoms with Gasteiger partial charge in [-0.25, -0.2) is 8.42 Å². The molecule has 0 rings (SSSR count). The minimum atomic E-state index is -2.90. The first kappa shape index (κ1) is 16.4. The third kappa shape index (κ3) is 10.3. The molecule has 6 heteroatoms. The summed E-state index contributed by atoms with van der Waals surface area (Å²) in [5.74, 6) is 0.513. The van der Waals surface area contributed by atoms with E-state index in [1.54, 1.807) is 0 Å². The smallest absolute Gasteiger partial charge is 0.234 e. The average Bonchev–Trinajstić information content (AvgIpc) is 2.15. The van der Waals surface area contributed by atoms with Crippen LogP contribution in [0.25, 0.3) is 0 Å². The van der Waals surface area contributed by atoms with E-state index >= 15 is 0 Å². The van der Waals surface area contributed by atoms with E-state index in [-0.39, 0.29) is 24.2 Å². The van der Waals surface area contributed by atoms with Gasteiger partial charge in [0.1, 0.15) is 9.84 Å². The van der Waals surface area contributed by atoms with Gasteiger partial charge < -0.3 is 10.6 Å². The summed E-state index contributed by atoms with van der Waals surface area (Å²) < 4.78 is 21.7. The molecular weight excluding hydrogens is 240 g/mol. The van der Waals surface area contributed by atoms with Gasteiger partial charge in [0.15, 0.2) is 0 Å². The largest absolute Gasteiger partial charge is 0.352 e. The zero-order chi connectivity index (χ0) is 13.5. The van der Waals surface area contributed by atoms with Crippen molar-refractivity contribution in [3.63, 3.8) is 0 Å². The SMILES string of the molecule is CC(C)C(C)NC(=O)CNCCCS(C)(=O)=O. The quantitative estimate of drug-likeness (QED) is 0.613. The van der Waals surface area contributed by atoms with Crippen LogP contribution in [0.1, 0.15) is 27.2 Å². The fourth-order valence-corrected chi connectivity index (χ4v) is 1.80. The second kappa shape index (κ2) is 7.66. The van der Waals surface area contributed by atoms with Gasteiger partial charge in [0.05, 0.1) is 12.3 Å². The maximum atomic E-state index is 11.4. The first-order chi connectivity index (χ1) is 7.72. The van der Waals surface area contributed by atoms with Gasteiger partial charge in [-0.15, -0.1) is 0 Å². The van der Waals surface area contributed by atoms with E-state index in [4.69, 9.17) is 0 Å². The van der Waals surface area contributed by atoms with Gasteiger partial charge in [0, 0.05) is 12.3 Å². The van der Waals surface area contributed by atoms with Crippen molar-refractivity contribution in [2.45, 2.75) is 33.2 Å². The first-order valence-corrected chi connectivity index (χ1v) is 7.96. The molecule has 0 aromatic heterocycles. The van der Waals surface area contributed by atoms with Crippen molar-refractivity contribution in [2.75, 3.05) is 25.1 Å². The Balaban J connectivity index is 3.59. The van der Waals surface area contributed by atoms with Crippen LogP contribution in [0.15, 0.2) is 0 Å². The predicted octanol–water partition coefficient (Wildman–Crippen LogP) is 0.171. The van der Waals surface area contributed by atoms with Crippen LogP contribution in [-0.4, -0.2) is 45.5 Å². The number of hydrogen-bond donors (Lipinski definition) is 2. The molecule has 0 aromatic carbocycles. The van der Waals surface area contributed by atoms with Crippen molar-refractivity contribution in [1.82, 2.24) is 10.6 Å². The van der Waals surface area contributed by atoms with Crippen molar-refractivity contribution < 1.29 is 13.2 Å². The van der Waals surface area contributed by atoms with Gasteiger partial charge in [-0.1, -0.05) is 13.8 Å². The summed E-state index contributed by atoms with van der Waals surface area (Å²) in [5, 5.41) is 5.79. The van der Waals surface area contributed by atoms with Gasteiger partial charge in [0.2, 0.25) is 5.91 Å². The van der Waals surface area contributed by atoms with E-state index in [1.165, 1.54) is 6.26 Å². The van der Waals surface area contributed by atoms with Crippen LogP contribution < -0.4 is 10.6 Å². The maximum Gasteiger partial charge on any atom is 0.234 e. The summed E-state index contributed by atoms with van der Waals surface area (Å²) in [5.41, 5.74) is 0. The normalized spacial score (nSPS) is 13.7. The Hall–Kier alpha value is -0.620. The van der Waals surface area contributed by atoms with E-state index in [9.17, 15) is 13.2 Å². The third-order valence-electron chi connectivity index (χ3n) is 2.54. The molecule has 0 fully saturated rings. The van der Waals surface area contributed by atoms with E-state index in [1.807, 2.05) is 20.8 Å². The lowest BCUT2D eigenvalue weighted by Crippen LogP contribution is -2.41. The first-order valence-electron chi connectivity index (χ1n) is 5.90. The second-order valence-corrected chi connectivity index (χ2v) is 7.02. The highest BCUT2D eigenvalue weighted by molar-refractivity contribution is 7.90. The van der Waals surface area contributed by atoms with Crippen molar-refractivity contribution >= 4 is 15.7 Å². The lowest BCUT2D eigenvalue weighted by Gasteiger charge is -2.17. The van der Waals surface area contributed by atoms with Gasteiger partial charge in [-0.2, -0.15) is 0 Å². The molecule has 1 atom stereocenters. The van der Waals surface area contributed by atoms with Crippen LogP contribution in [0, 0.1) is 5.92 Å². The Kier molecular flexibility index (Phi) is 7.38. The van der Waals surface area contributed by atoms with Gasteiger partial charge in [-0.3, -0.25) is 4.79 Å². The average molecular weight is 264 g/mol. The summed E-state index contributed by atoms with van der Waals surface area (Å²) in [6.45, 7) is 6.83. The molecule has 0 aliphatic rings. The molecule has 1 unspecified atom stereocenters. The maximum absolute atomic E-state index is 11.4. The third-order valence-corrected chi connectivity index (χ3v) is 3.57. The Morgan fingerprint density at radius 3 is 2.29 bits per heavy atom. The van der Waals surface area contributed by atoms with Crippen LogP contribution in [-0.2, 0) is 14.6 Å². The number of hydrogen-bond acceptors (Lipinski definition) is 4. The van der Waals surface area contributed by atoms with Crippen LogP contribution in [0.4, 0.5) is 0 Å². The van der Waals surface area contributed by atoms with Crippen LogP contribution in [0.2, 0.25) is 0 Å². The van der Waals surface area contributed by atoms with Crippen molar-refractivity contribution in [1.29, 1.82) is 0 Å². The molecule has 0 saturated heterocycles. The van der Waals surface area contributed by atoms with Crippen molar-refractivity contribution in [3.8, 4) is 0 Å². The standard InChI is InChI=1S/C11H24N2O3S/c1-9(2)10(3)13-11(14)8-12-6-5-7-17(4,15)16/h9-10,12H,5-8H2,1-4H3,(H,13,14). The number of carbonyl (C=O) groups is 1. The second-order valence-electron chi connectivity index (χ2n) is 4.76. The molecule has 0 heterocycles. The Morgan fingerprint density at radius 1 is 1.24 bits per heavy atom. The topological polar surface area (TPSA) is 75.3 Å². The van der Waals surface area contributed by atoms with Gasteiger partial charge in [0.25, 0.3) is 0 Å². The van der Waals surface area contributed by atoms with Crippen LogP contribution in [0.5, 0.6) is 0 Å². The molecule has 0 radical (unpaired) electrons. The monoisotopic (exact) mass is 264 g/mol. The fraction of sp³-hybridized carbons (Fsp3) is 0.909. The number of sulfone groups is 1. The van der Waals surface area contributed by atoms with Gasteiger partial charge in [-0.05, 0) is 25.8 Å². The number of amides is 1. The molecule has 1 amide bonds. The minimum absolute atomic E-state index is 0.0504. The summed E-state index contributed by atoms with van der Waals surface area (Å²) >= 11 is 0. The van der Waals surface area contributed by atoms with Crippen LogP contribution >= 0.6 is 0 Å². The van der Waals surface area contributed by atoms with Crippen molar-refractivity contribution in [3.05, 3.63) is 0 Å². The molecule has 0 aliphatic heterocycles. The minimum Gasteiger partial charge on any atom is -0.352 e. The Labute approximate surface area is 104 Å². The molecule has 2 N–H and O–H groups in total. The van der Waals surface area contributed by atoms with E-state index in [0.29, 0.717) is 18.9 Å². The Morgan fingerprint density at radius 2 is 1.82 bits per heavy atom. The van der Waals surface area contributed by atoms with E-state index < -0.39 is 9.84 Å². The zero-order valence-electron chi connectivity index (χ0n) is 11.1. The lowest BCUT2D eigenvalue weighted by atomic mass is 10.1. The number of carbonyl (C=O) groups excluding carboxylic acids is 1. The summed E-state index contributed by atoms with van der Waals surface area (Å²) in [6, 6.07) is 0.153. The summed E-state index contributed by atoms with van der Waals surface area (Å²) in [4.78, 5) is 11.4. The molecule has 0 spiro atoms. The summed E-state index contributed by atoms with van der Waals surface area (Å²) in [6.07, 6.45) is 1.75. The van der Waals surface area contributed by atoms with Crippen molar-refractivity contribution in [2.24, 2.45) is 5.92 Å². The molecule has 17 heavy (non-hydrogen) atoms. The van der Waals surface area contributed by atoms with Crippen LogP contribution in [0.3, 0.4) is 0 Å². The molecule has 5 nitrogen and oxygen atoms in total. The fourth-order valence-electron chi connectivity index (χ4n) is 1.13.